The molecule has 1 N–H and O–H groups in total. The third kappa shape index (κ3) is 9.67. The van der Waals surface area contributed by atoms with E-state index >= 15 is 0 Å². The number of likely N-dealkylation sites (N-methyl/N-ethyl adjacent to an activating group) is 1. The van der Waals surface area contributed by atoms with E-state index in [4.69, 9.17) is 21.1 Å². The number of methoxy groups -OCH3 is 1. The van der Waals surface area contributed by atoms with E-state index in [2.05, 4.69) is 39.3 Å². The summed E-state index contributed by atoms with van der Waals surface area (Å²) in [5, 5.41) is 4.15. The van der Waals surface area contributed by atoms with Crippen molar-refractivity contribution in [3.8, 4) is 5.75 Å². The summed E-state index contributed by atoms with van der Waals surface area (Å²) in [7, 11) is 9.57. The number of hydrogen-bond acceptors (Lipinski definition) is 4. The predicted octanol–water partition coefficient (Wildman–Crippen LogP) is 3.46. The Labute approximate surface area is 208 Å². The number of ether oxygens (including phenoxy) is 2. The highest BCUT2D eigenvalue weighted by atomic mass is 127. The monoisotopic (exact) mass is 563 g/mol. The number of benzene rings is 1. The number of aliphatic imine (C=N–C) groups is 1. The van der Waals surface area contributed by atoms with Crippen molar-refractivity contribution in [1.29, 1.82) is 0 Å². The van der Waals surface area contributed by atoms with Gasteiger partial charge in [-0.05, 0) is 30.8 Å². The summed E-state index contributed by atoms with van der Waals surface area (Å²) in [6.45, 7) is 4.49. The minimum atomic E-state index is 0. The van der Waals surface area contributed by atoms with E-state index in [9.17, 15) is 0 Å². The number of nitrogens with one attached hydrogen (secondary N) is 1. The molecule has 0 unspecified atom stereocenters. The molecule has 0 fully saturated rings. The van der Waals surface area contributed by atoms with Gasteiger partial charge < -0.3 is 29.2 Å². The molecule has 0 atom stereocenters. The van der Waals surface area contributed by atoms with Crippen LogP contribution in [0.3, 0.4) is 0 Å². The van der Waals surface area contributed by atoms with E-state index in [1.165, 1.54) is 0 Å². The van der Waals surface area contributed by atoms with Crippen LogP contribution in [0.2, 0.25) is 5.02 Å². The van der Waals surface area contributed by atoms with Crippen molar-refractivity contribution in [3.63, 3.8) is 0 Å². The van der Waals surface area contributed by atoms with Crippen molar-refractivity contribution < 1.29 is 9.47 Å². The lowest BCUT2D eigenvalue weighted by Crippen LogP contribution is -2.38. The number of halogens is 2. The second-order valence-electron chi connectivity index (χ2n) is 7.31. The van der Waals surface area contributed by atoms with Crippen LogP contribution in [0.4, 0.5) is 0 Å². The molecule has 0 aliphatic rings. The number of rotatable bonds is 11. The molecule has 0 aliphatic carbocycles. The first-order valence-electron chi connectivity index (χ1n) is 10.0. The zero-order chi connectivity index (χ0) is 21.9. The predicted molar refractivity (Wildman–Crippen MR) is 139 cm³/mol. The molecule has 1 aromatic heterocycles. The summed E-state index contributed by atoms with van der Waals surface area (Å²) in [5.41, 5.74) is 2.26. The fourth-order valence-electron chi connectivity index (χ4n) is 3.03. The molecular weight excluding hydrogens is 529 g/mol. The Morgan fingerprint density at radius 3 is 2.58 bits per heavy atom. The molecule has 9 heteroatoms. The molecule has 31 heavy (non-hydrogen) atoms. The lowest BCUT2D eigenvalue weighted by atomic mass is 10.2. The van der Waals surface area contributed by atoms with Crippen molar-refractivity contribution in [2.45, 2.75) is 13.1 Å². The van der Waals surface area contributed by atoms with Gasteiger partial charge in [0.15, 0.2) is 5.96 Å². The zero-order valence-corrected chi connectivity index (χ0v) is 22.2. The van der Waals surface area contributed by atoms with Gasteiger partial charge in [0.25, 0.3) is 0 Å². The first kappa shape index (κ1) is 27.5. The van der Waals surface area contributed by atoms with Crippen LogP contribution in [0.5, 0.6) is 5.75 Å². The molecule has 0 aliphatic heterocycles. The van der Waals surface area contributed by atoms with Gasteiger partial charge in [0.05, 0.1) is 18.2 Å². The molecule has 0 saturated heterocycles. The number of hydrogen-bond donors (Lipinski definition) is 1. The average molecular weight is 564 g/mol. The van der Waals surface area contributed by atoms with Gasteiger partial charge in [-0.15, -0.1) is 24.0 Å². The summed E-state index contributed by atoms with van der Waals surface area (Å²) < 4.78 is 13.0. The summed E-state index contributed by atoms with van der Waals surface area (Å²) in [4.78, 5) is 8.65. The van der Waals surface area contributed by atoms with Gasteiger partial charge in [-0.25, -0.2) is 0 Å². The van der Waals surface area contributed by atoms with Crippen LogP contribution in [-0.4, -0.2) is 74.9 Å². The van der Waals surface area contributed by atoms with Crippen molar-refractivity contribution in [2.24, 2.45) is 12.0 Å². The van der Waals surface area contributed by atoms with Crippen LogP contribution in [-0.2, 0) is 24.9 Å². The first-order valence-corrected chi connectivity index (χ1v) is 10.4. The van der Waals surface area contributed by atoms with Gasteiger partial charge in [0, 0.05) is 59.8 Å². The van der Waals surface area contributed by atoms with Gasteiger partial charge in [0.2, 0.25) is 0 Å². The molecular formula is C22H35ClIN5O2. The fraction of sp³-hybridized carbons (Fsp3) is 0.500. The molecule has 7 nitrogen and oxygen atoms in total. The summed E-state index contributed by atoms with van der Waals surface area (Å²) in [6.07, 6.45) is 1.90. The number of guanidine groups is 1. The Morgan fingerprint density at radius 2 is 1.94 bits per heavy atom. The zero-order valence-electron chi connectivity index (χ0n) is 19.1. The van der Waals surface area contributed by atoms with Crippen molar-refractivity contribution in [3.05, 3.63) is 52.8 Å². The van der Waals surface area contributed by atoms with Crippen LogP contribution in [0.15, 0.2) is 41.5 Å². The summed E-state index contributed by atoms with van der Waals surface area (Å²) in [5.74, 6) is 1.69. The van der Waals surface area contributed by atoms with Gasteiger partial charge in [-0.3, -0.25) is 4.99 Å². The van der Waals surface area contributed by atoms with E-state index in [-0.39, 0.29) is 24.0 Å². The first-order chi connectivity index (χ1) is 14.4. The van der Waals surface area contributed by atoms with E-state index in [1.54, 1.807) is 14.2 Å². The third-order valence-corrected chi connectivity index (χ3v) is 5.02. The Kier molecular flexibility index (Phi) is 12.9. The Balaban J connectivity index is 0.00000480. The normalized spacial score (nSPS) is 11.4. The summed E-state index contributed by atoms with van der Waals surface area (Å²) in [6, 6.07) is 10.1. The molecule has 174 valence electrons. The molecule has 1 aromatic carbocycles. The second kappa shape index (κ2) is 14.5. The van der Waals surface area contributed by atoms with Crippen LogP contribution in [0.1, 0.15) is 11.3 Å². The maximum atomic E-state index is 6.09. The van der Waals surface area contributed by atoms with E-state index in [0.29, 0.717) is 19.7 Å². The van der Waals surface area contributed by atoms with Crippen molar-refractivity contribution in [1.82, 2.24) is 19.7 Å². The minimum absolute atomic E-state index is 0. The van der Waals surface area contributed by atoms with Crippen LogP contribution in [0.25, 0.3) is 0 Å². The Bertz CT molecular complexity index is 815. The van der Waals surface area contributed by atoms with E-state index < -0.39 is 0 Å². The fourth-order valence-corrected chi connectivity index (χ4v) is 3.30. The second-order valence-corrected chi connectivity index (χ2v) is 7.75. The van der Waals surface area contributed by atoms with Crippen LogP contribution in [0, 0.1) is 0 Å². The average Bonchev–Trinajstić information content (AvgIpc) is 3.03. The number of aromatic nitrogens is 1. The molecule has 0 spiro atoms. The Hall–Kier alpha value is -1.49. The lowest BCUT2D eigenvalue weighted by Gasteiger charge is -2.22. The molecule has 0 radical (unpaired) electrons. The molecule has 1 heterocycles. The third-order valence-electron chi connectivity index (χ3n) is 4.82. The molecule has 2 rings (SSSR count). The lowest BCUT2D eigenvalue weighted by molar-refractivity contribution is 0.150. The largest absolute Gasteiger partial charge is 0.492 e. The van der Waals surface area contributed by atoms with Gasteiger partial charge in [-0.2, -0.15) is 0 Å². The van der Waals surface area contributed by atoms with Crippen molar-refractivity contribution in [2.75, 3.05) is 54.6 Å². The maximum absolute atomic E-state index is 6.09. The molecule has 2 aromatic rings. The molecule has 0 saturated carbocycles. The quantitative estimate of drug-likeness (QED) is 0.258. The Morgan fingerprint density at radius 1 is 1.19 bits per heavy atom. The van der Waals surface area contributed by atoms with E-state index in [1.807, 2.05) is 43.1 Å². The van der Waals surface area contributed by atoms with Crippen molar-refractivity contribution >= 4 is 41.5 Å². The number of nitrogens with zero attached hydrogens (tertiary/aromatic N) is 4. The summed E-state index contributed by atoms with van der Waals surface area (Å²) >= 11 is 6.09. The van der Waals surface area contributed by atoms with Crippen LogP contribution >= 0.6 is 35.6 Å². The minimum Gasteiger partial charge on any atom is -0.492 e. The highest BCUT2D eigenvalue weighted by Gasteiger charge is 2.10. The molecule has 0 bridgehead atoms. The smallest absolute Gasteiger partial charge is 0.194 e. The molecule has 0 amide bonds. The standard InChI is InChI=1S/C22H34ClN5O2.HI/c1-24-22(28(4)17-20-14-19(23)16-27(20)3)25-15-18-7-6-8-21(13-18)30-12-10-26(2)9-11-29-5;/h6-8,13-14,16H,9-12,15,17H2,1-5H3,(H,24,25);1H. The maximum Gasteiger partial charge on any atom is 0.194 e. The SMILES string of the molecule is CN=C(NCc1cccc(OCCN(C)CCOC)c1)N(C)Cc1cc(Cl)cn1C.I. The van der Waals surface area contributed by atoms with E-state index in [0.717, 1.165) is 47.7 Å². The topological polar surface area (TPSA) is 54.3 Å². The number of aryl methyl sites for hydroxylation is 1. The van der Waals surface area contributed by atoms with Gasteiger partial charge in [-0.1, -0.05) is 23.7 Å². The highest BCUT2D eigenvalue weighted by Crippen LogP contribution is 2.15. The van der Waals surface area contributed by atoms with Gasteiger partial charge >= 0.3 is 0 Å². The van der Waals surface area contributed by atoms with Crippen LogP contribution < -0.4 is 10.1 Å². The van der Waals surface area contributed by atoms with Gasteiger partial charge in [0.1, 0.15) is 12.4 Å². The highest BCUT2D eigenvalue weighted by molar-refractivity contribution is 14.0.